The van der Waals surface area contributed by atoms with Gasteiger partial charge >= 0.3 is 6.09 Å². The molecule has 7 heteroatoms. The van der Waals surface area contributed by atoms with Crippen LogP contribution in [0.5, 0.6) is 0 Å². The predicted octanol–water partition coefficient (Wildman–Crippen LogP) is 2.62. The monoisotopic (exact) mass is 426 g/mol. The van der Waals surface area contributed by atoms with E-state index in [1.807, 2.05) is 67.6 Å². The molecule has 166 valence electrons. The number of Topliss-reactive ketones (excluding diaryl/α,β-unsaturated/α-hetero) is 1. The number of aryl methyl sites for hydroxylation is 1. The van der Waals surface area contributed by atoms with Crippen LogP contribution in [-0.4, -0.2) is 42.1 Å². The summed E-state index contributed by atoms with van der Waals surface area (Å²) < 4.78 is 5.12. The van der Waals surface area contributed by atoms with Crippen LogP contribution >= 0.6 is 0 Å². The highest BCUT2D eigenvalue weighted by atomic mass is 16.5. The topological polar surface area (TPSA) is 105 Å². The lowest BCUT2D eigenvalue weighted by atomic mass is 10.0. The van der Waals surface area contributed by atoms with Crippen LogP contribution in [0.2, 0.25) is 0 Å². The van der Waals surface area contributed by atoms with E-state index in [1.54, 1.807) is 0 Å². The lowest BCUT2D eigenvalue weighted by Gasteiger charge is -2.14. The number of hydrogen-bond acceptors (Lipinski definition) is 5. The molecule has 0 saturated carbocycles. The number of aliphatic hydroxyl groups excluding tert-OH is 1. The Morgan fingerprint density at radius 3 is 2.19 bits per heavy atom. The van der Waals surface area contributed by atoms with Gasteiger partial charge in [0.05, 0.1) is 6.54 Å². The Hall–Kier alpha value is -3.19. The van der Waals surface area contributed by atoms with Crippen molar-refractivity contribution in [2.24, 2.45) is 5.92 Å². The molecule has 3 N–H and O–H groups in total. The van der Waals surface area contributed by atoms with Crippen molar-refractivity contribution < 1.29 is 24.2 Å². The van der Waals surface area contributed by atoms with Gasteiger partial charge in [-0.1, -0.05) is 67.6 Å². The van der Waals surface area contributed by atoms with E-state index in [9.17, 15) is 19.5 Å². The fourth-order valence-corrected chi connectivity index (χ4v) is 2.91. The van der Waals surface area contributed by atoms with Crippen molar-refractivity contribution in [3.8, 4) is 0 Å². The van der Waals surface area contributed by atoms with E-state index in [4.69, 9.17) is 4.74 Å². The minimum Gasteiger partial charge on any atom is -0.445 e. The third-order valence-corrected chi connectivity index (χ3v) is 4.72. The van der Waals surface area contributed by atoms with Crippen molar-refractivity contribution in [2.45, 2.75) is 38.9 Å². The Balaban J connectivity index is 1.58. The quantitative estimate of drug-likeness (QED) is 0.484. The maximum Gasteiger partial charge on any atom is 0.407 e. The Labute approximate surface area is 182 Å². The second kappa shape index (κ2) is 13.2. The first kappa shape index (κ1) is 24.1. The summed E-state index contributed by atoms with van der Waals surface area (Å²) in [6.45, 7) is 2.05. The number of benzene rings is 2. The van der Waals surface area contributed by atoms with Crippen LogP contribution in [0.3, 0.4) is 0 Å². The normalized spacial score (nSPS) is 12.5. The number of rotatable bonds is 12. The summed E-state index contributed by atoms with van der Waals surface area (Å²) in [5, 5.41) is 15.1. The molecule has 2 rings (SSSR count). The van der Waals surface area contributed by atoms with Crippen molar-refractivity contribution in [2.75, 3.05) is 13.1 Å². The molecule has 2 aromatic carbocycles. The first-order chi connectivity index (χ1) is 14.9. The Morgan fingerprint density at radius 2 is 1.55 bits per heavy atom. The highest BCUT2D eigenvalue weighted by Crippen LogP contribution is 2.06. The van der Waals surface area contributed by atoms with Crippen LogP contribution in [0.1, 0.15) is 30.9 Å². The standard InChI is InChI=1S/C24H30N2O5/c1-18(15-26-24(30)31-17-20-10-6-3-7-11-20)14-23(29)25-16-22(28)21(27)13-12-19-8-4-2-5-9-19/h2-11,18,21,27H,12-17H2,1H3,(H,25,29)(H,26,30). The van der Waals surface area contributed by atoms with Gasteiger partial charge in [0.15, 0.2) is 5.78 Å². The smallest absolute Gasteiger partial charge is 0.407 e. The van der Waals surface area contributed by atoms with E-state index in [0.29, 0.717) is 12.8 Å². The van der Waals surface area contributed by atoms with Gasteiger partial charge in [-0.25, -0.2) is 4.79 Å². The van der Waals surface area contributed by atoms with E-state index in [0.717, 1.165) is 11.1 Å². The minimum atomic E-state index is -1.11. The largest absolute Gasteiger partial charge is 0.445 e. The fourth-order valence-electron chi connectivity index (χ4n) is 2.91. The average Bonchev–Trinajstić information content (AvgIpc) is 2.79. The second-order valence-corrected chi connectivity index (χ2v) is 7.54. The number of nitrogens with one attached hydrogen (secondary N) is 2. The van der Waals surface area contributed by atoms with Gasteiger partial charge in [0.25, 0.3) is 0 Å². The van der Waals surface area contributed by atoms with Gasteiger partial charge in [-0.2, -0.15) is 0 Å². The second-order valence-electron chi connectivity index (χ2n) is 7.54. The van der Waals surface area contributed by atoms with Gasteiger partial charge in [0.2, 0.25) is 5.91 Å². The highest BCUT2D eigenvalue weighted by molar-refractivity contribution is 5.88. The molecule has 2 atom stereocenters. The maximum absolute atomic E-state index is 12.0. The summed E-state index contributed by atoms with van der Waals surface area (Å²) in [6.07, 6.45) is -0.617. The summed E-state index contributed by atoms with van der Waals surface area (Å²) in [7, 11) is 0. The van der Waals surface area contributed by atoms with E-state index >= 15 is 0 Å². The van der Waals surface area contributed by atoms with Crippen LogP contribution in [-0.2, 0) is 27.4 Å². The molecule has 0 saturated heterocycles. The molecule has 0 aromatic heterocycles. The van der Waals surface area contributed by atoms with Crippen molar-refractivity contribution in [1.29, 1.82) is 0 Å². The SMILES string of the molecule is CC(CNC(=O)OCc1ccccc1)CC(=O)NCC(=O)C(O)CCc1ccccc1. The summed E-state index contributed by atoms with van der Waals surface area (Å²) in [4.78, 5) is 35.8. The molecular weight excluding hydrogens is 396 g/mol. The van der Waals surface area contributed by atoms with Gasteiger partial charge in [-0.15, -0.1) is 0 Å². The number of aliphatic hydroxyl groups is 1. The molecular formula is C24H30N2O5. The zero-order chi connectivity index (χ0) is 22.5. The number of ether oxygens (including phenoxy) is 1. The fraction of sp³-hybridized carbons (Fsp3) is 0.375. The molecule has 0 bridgehead atoms. The maximum atomic E-state index is 12.0. The zero-order valence-electron chi connectivity index (χ0n) is 17.8. The third-order valence-electron chi connectivity index (χ3n) is 4.72. The first-order valence-electron chi connectivity index (χ1n) is 10.4. The Bertz CT molecular complexity index is 826. The number of carbonyl (C=O) groups excluding carboxylic acids is 3. The number of ketones is 1. The number of hydrogen-bond donors (Lipinski definition) is 3. The van der Waals surface area contributed by atoms with E-state index in [1.165, 1.54) is 0 Å². The van der Waals surface area contributed by atoms with Crippen LogP contribution in [0.25, 0.3) is 0 Å². The minimum absolute atomic E-state index is 0.137. The number of alkyl carbamates (subject to hydrolysis) is 1. The van der Waals surface area contributed by atoms with Gasteiger partial charge in [-0.05, 0) is 29.9 Å². The van der Waals surface area contributed by atoms with Crippen LogP contribution in [0.15, 0.2) is 60.7 Å². The van der Waals surface area contributed by atoms with Gasteiger partial charge in [0.1, 0.15) is 12.7 Å². The average molecular weight is 427 g/mol. The molecule has 0 aliphatic rings. The highest BCUT2D eigenvalue weighted by Gasteiger charge is 2.17. The lowest BCUT2D eigenvalue weighted by Crippen LogP contribution is -2.37. The third kappa shape index (κ3) is 9.91. The number of carbonyl (C=O) groups is 3. The van der Waals surface area contributed by atoms with E-state index in [2.05, 4.69) is 10.6 Å². The summed E-state index contributed by atoms with van der Waals surface area (Å²) in [5.74, 6) is -0.863. The molecule has 0 heterocycles. The molecule has 0 aliphatic heterocycles. The molecule has 0 aliphatic carbocycles. The summed E-state index contributed by atoms with van der Waals surface area (Å²) >= 11 is 0. The Morgan fingerprint density at radius 1 is 0.935 bits per heavy atom. The summed E-state index contributed by atoms with van der Waals surface area (Å²) in [6, 6.07) is 18.9. The molecule has 2 amide bonds. The van der Waals surface area contributed by atoms with Gasteiger partial charge in [0, 0.05) is 13.0 Å². The van der Waals surface area contributed by atoms with Crippen molar-refractivity contribution in [1.82, 2.24) is 10.6 Å². The lowest BCUT2D eigenvalue weighted by molar-refractivity contribution is -0.130. The zero-order valence-corrected chi connectivity index (χ0v) is 17.8. The molecule has 0 fully saturated rings. The number of amides is 2. The summed E-state index contributed by atoms with van der Waals surface area (Å²) in [5.41, 5.74) is 1.93. The molecule has 0 spiro atoms. The molecule has 2 aromatic rings. The molecule has 0 radical (unpaired) electrons. The van der Waals surface area contributed by atoms with E-state index < -0.39 is 18.0 Å². The molecule has 7 nitrogen and oxygen atoms in total. The molecule has 31 heavy (non-hydrogen) atoms. The first-order valence-corrected chi connectivity index (χ1v) is 10.4. The molecule has 2 unspecified atom stereocenters. The Kier molecular flexibility index (Phi) is 10.2. The van der Waals surface area contributed by atoms with Crippen molar-refractivity contribution in [3.05, 3.63) is 71.8 Å². The van der Waals surface area contributed by atoms with Gasteiger partial charge < -0.3 is 20.5 Å². The van der Waals surface area contributed by atoms with E-state index in [-0.39, 0.29) is 37.9 Å². The van der Waals surface area contributed by atoms with Gasteiger partial charge in [-0.3, -0.25) is 9.59 Å². The van der Waals surface area contributed by atoms with Crippen LogP contribution in [0, 0.1) is 5.92 Å². The van der Waals surface area contributed by atoms with Crippen molar-refractivity contribution in [3.63, 3.8) is 0 Å². The van der Waals surface area contributed by atoms with Crippen LogP contribution < -0.4 is 10.6 Å². The predicted molar refractivity (Wildman–Crippen MR) is 117 cm³/mol. The van der Waals surface area contributed by atoms with Crippen molar-refractivity contribution >= 4 is 17.8 Å². The van der Waals surface area contributed by atoms with Crippen LogP contribution in [0.4, 0.5) is 4.79 Å².